The van der Waals surface area contributed by atoms with Crippen LogP contribution >= 0.6 is 0 Å². The molecule has 1 aromatic heterocycles. The molecule has 1 heterocycles. The van der Waals surface area contributed by atoms with Crippen molar-refractivity contribution in [2.45, 2.75) is 13.8 Å². The highest BCUT2D eigenvalue weighted by Gasteiger charge is 2.10. The third-order valence-corrected chi connectivity index (χ3v) is 3.06. The van der Waals surface area contributed by atoms with Gasteiger partial charge >= 0.3 is 0 Å². The van der Waals surface area contributed by atoms with Gasteiger partial charge in [0, 0.05) is 5.69 Å². The SMILES string of the molecule is Cc1cccc2nc(C)n(-c3ccccc3)c12. The number of rotatable bonds is 1. The summed E-state index contributed by atoms with van der Waals surface area (Å²) in [4.78, 5) is 4.61. The monoisotopic (exact) mass is 222 g/mol. The predicted octanol–water partition coefficient (Wildman–Crippen LogP) is 3.64. The standard InChI is InChI=1S/C15H14N2/c1-11-7-6-10-14-15(11)17(12(2)16-14)13-8-4-3-5-9-13/h3-10H,1-2H3. The quantitative estimate of drug-likeness (QED) is 0.614. The zero-order chi connectivity index (χ0) is 11.8. The van der Waals surface area contributed by atoms with Gasteiger partial charge < -0.3 is 0 Å². The highest BCUT2D eigenvalue weighted by molar-refractivity contribution is 5.81. The third-order valence-electron chi connectivity index (χ3n) is 3.06. The van der Waals surface area contributed by atoms with E-state index in [2.05, 4.69) is 58.9 Å². The van der Waals surface area contributed by atoms with Crippen LogP contribution in [0.15, 0.2) is 48.5 Å². The molecule has 0 unspecified atom stereocenters. The summed E-state index contributed by atoms with van der Waals surface area (Å²) in [6, 6.07) is 16.6. The minimum atomic E-state index is 1.03. The van der Waals surface area contributed by atoms with E-state index in [4.69, 9.17) is 0 Å². The molecule has 2 heteroatoms. The van der Waals surface area contributed by atoms with Crippen molar-refractivity contribution in [2.75, 3.05) is 0 Å². The molecule has 84 valence electrons. The van der Waals surface area contributed by atoms with Crippen LogP contribution in [-0.2, 0) is 0 Å². The number of nitrogens with zero attached hydrogens (tertiary/aromatic N) is 2. The first-order chi connectivity index (χ1) is 8.27. The first kappa shape index (κ1) is 10.1. The molecule has 0 bridgehead atoms. The zero-order valence-corrected chi connectivity index (χ0v) is 10.0. The summed E-state index contributed by atoms with van der Waals surface area (Å²) in [5.74, 6) is 1.03. The van der Waals surface area contributed by atoms with Gasteiger partial charge in [-0.1, -0.05) is 30.3 Å². The maximum absolute atomic E-state index is 4.61. The molecule has 0 saturated carbocycles. The van der Waals surface area contributed by atoms with Crippen molar-refractivity contribution in [2.24, 2.45) is 0 Å². The summed E-state index contributed by atoms with van der Waals surface area (Å²) < 4.78 is 2.21. The molecular weight excluding hydrogens is 208 g/mol. The van der Waals surface area contributed by atoms with E-state index >= 15 is 0 Å². The summed E-state index contributed by atoms with van der Waals surface area (Å²) in [5.41, 5.74) is 4.69. The molecule has 0 fully saturated rings. The van der Waals surface area contributed by atoms with Gasteiger partial charge in [0.25, 0.3) is 0 Å². The summed E-state index contributed by atoms with van der Waals surface area (Å²) in [6.07, 6.45) is 0. The van der Waals surface area contributed by atoms with Gasteiger partial charge in [-0.2, -0.15) is 0 Å². The van der Waals surface area contributed by atoms with E-state index in [1.807, 2.05) is 13.0 Å². The lowest BCUT2D eigenvalue weighted by molar-refractivity contribution is 0.998. The minimum Gasteiger partial charge on any atom is -0.296 e. The molecule has 3 rings (SSSR count). The lowest BCUT2D eigenvalue weighted by Crippen LogP contribution is -1.97. The normalized spacial score (nSPS) is 10.9. The van der Waals surface area contributed by atoms with Crippen LogP contribution < -0.4 is 0 Å². The number of fused-ring (bicyclic) bond motifs is 1. The Morgan fingerprint density at radius 3 is 2.41 bits per heavy atom. The van der Waals surface area contributed by atoms with E-state index in [0.29, 0.717) is 0 Å². The first-order valence-corrected chi connectivity index (χ1v) is 5.77. The van der Waals surface area contributed by atoms with E-state index in [0.717, 1.165) is 11.3 Å². The molecule has 0 N–H and O–H groups in total. The molecule has 0 spiro atoms. The second kappa shape index (κ2) is 3.74. The van der Waals surface area contributed by atoms with E-state index in [1.165, 1.54) is 16.8 Å². The van der Waals surface area contributed by atoms with Crippen LogP contribution in [0.2, 0.25) is 0 Å². The van der Waals surface area contributed by atoms with Crippen molar-refractivity contribution in [3.63, 3.8) is 0 Å². The van der Waals surface area contributed by atoms with Crippen LogP contribution in [0.4, 0.5) is 0 Å². The van der Waals surface area contributed by atoms with Crippen LogP contribution in [0, 0.1) is 13.8 Å². The Bertz CT molecular complexity index is 666. The van der Waals surface area contributed by atoms with Gasteiger partial charge in [0.15, 0.2) is 0 Å². The average Bonchev–Trinajstić information content (AvgIpc) is 2.68. The van der Waals surface area contributed by atoms with Crippen LogP contribution in [0.5, 0.6) is 0 Å². The van der Waals surface area contributed by atoms with Gasteiger partial charge in [0.05, 0.1) is 11.0 Å². The number of hydrogen-bond donors (Lipinski definition) is 0. The first-order valence-electron chi connectivity index (χ1n) is 5.77. The Morgan fingerprint density at radius 2 is 1.65 bits per heavy atom. The third kappa shape index (κ3) is 1.53. The molecule has 0 radical (unpaired) electrons. The minimum absolute atomic E-state index is 1.03. The van der Waals surface area contributed by atoms with Gasteiger partial charge in [-0.05, 0) is 37.6 Å². The van der Waals surface area contributed by atoms with Crippen LogP contribution in [0.25, 0.3) is 16.7 Å². The maximum atomic E-state index is 4.61. The predicted molar refractivity (Wildman–Crippen MR) is 70.5 cm³/mol. The Kier molecular flexibility index (Phi) is 2.22. The second-order valence-electron chi connectivity index (χ2n) is 4.27. The van der Waals surface area contributed by atoms with E-state index in [1.54, 1.807) is 0 Å². The molecule has 0 aliphatic rings. The molecule has 0 amide bonds. The molecule has 2 aromatic carbocycles. The van der Waals surface area contributed by atoms with E-state index in [9.17, 15) is 0 Å². The van der Waals surface area contributed by atoms with Gasteiger partial charge in [-0.3, -0.25) is 4.57 Å². The van der Waals surface area contributed by atoms with E-state index < -0.39 is 0 Å². The molecule has 2 nitrogen and oxygen atoms in total. The van der Waals surface area contributed by atoms with E-state index in [-0.39, 0.29) is 0 Å². The zero-order valence-electron chi connectivity index (χ0n) is 10.0. The highest BCUT2D eigenvalue weighted by Crippen LogP contribution is 2.23. The molecule has 0 atom stereocenters. The van der Waals surface area contributed by atoms with Crippen LogP contribution in [0.1, 0.15) is 11.4 Å². The van der Waals surface area contributed by atoms with Gasteiger partial charge in [0.2, 0.25) is 0 Å². The van der Waals surface area contributed by atoms with Crippen molar-refractivity contribution in [1.29, 1.82) is 0 Å². The molecular formula is C15H14N2. The van der Waals surface area contributed by atoms with Crippen molar-refractivity contribution in [1.82, 2.24) is 9.55 Å². The molecule has 3 aromatic rings. The summed E-state index contributed by atoms with van der Waals surface area (Å²) in [5, 5.41) is 0. The number of aromatic nitrogens is 2. The van der Waals surface area contributed by atoms with Crippen LogP contribution in [-0.4, -0.2) is 9.55 Å². The Labute approximate surface area is 101 Å². The smallest absolute Gasteiger partial charge is 0.111 e. The van der Waals surface area contributed by atoms with Crippen molar-refractivity contribution in [3.05, 3.63) is 59.9 Å². The fraction of sp³-hybridized carbons (Fsp3) is 0.133. The number of aryl methyl sites for hydroxylation is 2. The number of para-hydroxylation sites is 2. The molecule has 0 saturated heterocycles. The van der Waals surface area contributed by atoms with Gasteiger partial charge in [0.1, 0.15) is 5.82 Å². The van der Waals surface area contributed by atoms with Crippen molar-refractivity contribution >= 4 is 11.0 Å². The average molecular weight is 222 g/mol. The summed E-state index contributed by atoms with van der Waals surface area (Å²) in [7, 11) is 0. The lowest BCUT2D eigenvalue weighted by atomic mass is 10.2. The number of hydrogen-bond acceptors (Lipinski definition) is 1. The van der Waals surface area contributed by atoms with Crippen molar-refractivity contribution in [3.8, 4) is 5.69 Å². The molecule has 17 heavy (non-hydrogen) atoms. The van der Waals surface area contributed by atoms with Gasteiger partial charge in [-0.15, -0.1) is 0 Å². The largest absolute Gasteiger partial charge is 0.296 e. The molecule has 0 aliphatic carbocycles. The Balaban J connectivity index is 2.40. The fourth-order valence-corrected chi connectivity index (χ4v) is 2.30. The Hall–Kier alpha value is -2.09. The Morgan fingerprint density at radius 1 is 0.882 bits per heavy atom. The van der Waals surface area contributed by atoms with Crippen molar-refractivity contribution < 1.29 is 0 Å². The number of benzene rings is 2. The highest BCUT2D eigenvalue weighted by atomic mass is 15.1. The second-order valence-corrected chi connectivity index (χ2v) is 4.27. The lowest BCUT2D eigenvalue weighted by Gasteiger charge is -2.08. The molecule has 0 aliphatic heterocycles. The maximum Gasteiger partial charge on any atom is 0.111 e. The fourth-order valence-electron chi connectivity index (χ4n) is 2.30. The number of imidazole rings is 1. The topological polar surface area (TPSA) is 17.8 Å². The van der Waals surface area contributed by atoms with Gasteiger partial charge in [-0.25, -0.2) is 4.98 Å². The van der Waals surface area contributed by atoms with Crippen LogP contribution in [0.3, 0.4) is 0 Å². The summed E-state index contributed by atoms with van der Waals surface area (Å²) >= 11 is 0. The summed E-state index contributed by atoms with van der Waals surface area (Å²) in [6.45, 7) is 4.18.